The van der Waals surface area contributed by atoms with E-state index in [9.17, 15) is 14.4 Å². The van der Waals surface area contributed by atoms with E-state index in [0.29, 0.717) is 19.3 Å². The molecule has 0 spiro atoms. The molecular formula is C59H104O6. The first-order valence-corrected chi connectivity index (χ1v) is 27.8. The Kier molecular flexibility index (Phi) is 51.3. The van der Waals surface area contributed by atoms with Gasteiger partial charge in [-0.15, -0.1) is 0 Å². The van der Waals surface area contributed by atoms with Crippen LogP contribution in [0.15, 0.2) is 60.8 Å². The van der Waals surface area contributed by atoms with Crippen molar-refractivity contribution in [1.82, 2.24) is 0 Å². The molecule has 1 atom stereocenters. The Morgan fingerprint density at radius 1 is 0.323 bits per heavy atom. The number of allylic oxidation sites excluding steroid dienone is 10. The normalized spacial score (nSPS) is 12.5. The van der Waals surface area contributed by atoms with Gasteiger partial charge in [-0.25, -0.2) is 0 Å². The molecule has 0 N–H and O–H groups in total. The Morgan fingerprint density at radius 2 is 0.615 bits per heavy atom. The maximum atomic E-state index is 12.8. The second-order valence-electron chi connectivity index (χ2n) is 18.5. The number of hydrogen-bond donors (Lipinski definition) is 0. The Hall–Kier alpha value is -2.89. The van der Waals surface area contributed by atoms with Crippen LogP contribution in [0.2, 0.25) is 0 Å². The van der Waals surface area contributed by atoms with E-state index < -0.39 is 6.10 Å². The van der Waals surface area contributed by atoms with Crippen LogP contribution in [0.4, 0.5) is 0 Å². The van der Waals surface area contributed by atoms with Gasteiger partial charge in [0.2, 0.25) is 0 Å². The van der Waals surface area contributed by atoms with Crippen LogP contribution in [0.3, 0.4) is 0 Å². The molecule has 0 saturated heterocycles. The monoisotopic (exact) mass is 909 g/mol. The predicted molar refractivity (Wildman–Crippen MR) is 279 cm³/mol. The summed E-state index contributed by atoms with van der Waals surface area (Å²) < 4.78 is 16.8. The molecule has 0 amide bonds. The number of hydrogen-bond acceptors (Lipinski definition) is 6. The Morgan fingerprint density at radius 3 is 1.00 bits per heavy atom. The van der Waals surface area contributed by atoms with Gasteiger partial charge >= 0.3 is 17.9 Å². The van der Waals surface area contributed by atoms with Crippen LogP contribution in [0, 0.1) is 0 Å². The van der Waals surface area contributed by atoms with Gasteiger partial charge in [0, 0.05) is 19.3 Å². The SMILES string of the molecule is CC/C=C\C/C=C\C/C=C\C/C=C\CCCCCCC(=O)OC[C@H](COC(=O)CCCCCCC/C=C\CCCC)OC(=O)CCCCCCCCCCCCCCCCCCCCC. The molecule has 65 heavy (non-hydrogen) atoms. The van der Waals surface area contributed by atoms with Crippen molar-refractivity contribution in [2.24, 2.45) is 0 Å². The van der Waals surface area contributed by atoms with Crippen molar-refractivity contribution in [2.75, 3.05) is 13.2 Å². The summed E-state index contributed by atoms with van der Waals surface area (Å²) in [7, 11) is 0. The molecule has 0 aromatic carbocycles. The standard InChI is InChI=1S/C59H104O6/c1-4-7-10-13-16-19-22-24-26-28-29-31-33-35-38-41-44-47-50-53-59(62)65-56(54-63-57(60)51-48-45-42-39-36-21-18-15-12-9-6-3)55-64-58(61)52-49-46-43-40-37-34-32-30-27-25-23-20-17-14-11-8-5-2/h8,11,15,17-18,20,25,27,32,34,56H,4-7,9-10,12-14,16,19,21-24,26,28-31,33,35-55H2,1-3H3/b11-8-,18-15-,20-17-,27-25-,34-32-/t56-/m0/s1. The Labute approximate surface area is 402 Å². The molecule has 0 rings (SSSR count). The summed E-state index contributed by atoms with van der Waals surface area (Å²) in [6.07, 6.45) is 66.4. The van der Waals surface area contributed by atoms with E-state index in [1.807, 2.05) is 0 Å². The molecule has 0 aromatic heterocycles. The second kappa shape index (κ2) is 53.7. The van der Waals surface area contributed by atoms with Crippen molar-refractivity contribution < 1.29 is 28.6 Å². The summed E-state index contributed by atoms with van der Waals surface area (Å²) in [5.74, 6) is -0.908. The Bertz CT molecular complexity index is 1180. The number of esters is 3. The summed E-state index contributed by atoms with van der Waals surface area (Å²) in [5, 5.41) is 0. The highest BCUT2D eigenvalue weighted by molar-refractivity contribution is 5.71. The first-order chi connectivity index (χ1) is 32.0. The van der Waals surface area contributed by atoms with Crippen molar-refractivity contribution >= 4 is 17.9 Å². The van der Waals surface area contributed by atoms with Gasteiger partial charge < -0.3 is 14.2 Å². The third-order valence-corrected chi connectivity index (χ3v) is 12.0. The van der Waals surface area contributed by atoms with Crippen LogP contribution >= 0.6 is 0 Å². The van der Waals surface area contributed by atoms with Crippen LogP contribution in [0.25, 0.3) is 0 Å². The average Bonchev–Trinajstić information content (AvgIpc) is 3.30. The lowest BCUT2D eigenvalue weighted by molar-refractivity contribution is -0.167. The van der Waals surface area contributed by atoms with Crippen molar-refractivity contribution in [2.45, 2.75) is 284 Å². The summed E-state index contributed by atoms with van der Waals surface area (Å²) >= 11 is 0. The van der Waals surface area contributed by atoms with Gasteiger partial charge in [-0.05, 0) is 77.0 Å². The maximum Gasteiger partial charge on any atom is 0.306 e. The number of unbranched alkanes of at least 4 members (excludes halogenated alkanes) is 29. The van der Waals surface area contributed by atoms with E-state index in [1.54, 1.807) is 0 Å². The van der Waals surface area contributed by atoms with E-state index in [-0.39, 0.29) is 31.1 Å². The van der Waals surface area contributed by atoms with Crippen LogP contribution < -0.4 is 0 Å². The topological polar surface area (TPSA) is 78.9 Å². The minimum atomic E-state index is -0.785. The highest BCUT2D eigenvalue weighted by Crippen LogP contribution is 2.16. The smallest absolute Gasteiger partial charge is 0.306 e. The molecule has 0 fully saturated rings. The molecule has 6 nitrogen and oxygen atoms in total. The van der Waals surface area contributed by atoms with Crippen molar-refractivity contribution in [3.63, 3.8) is 0 Å². The fraction of sp³-hybridized carbons (Fsp3) is 0.780. The molecule has 0 unspecified atom stereocenters. The zero-order chi connectivity index (χ0) is 47.2. The van der Waals surface area contributed by atoms with Gasteiger partial charge in [0.15, 0.2) is 6.10 Å². The summed E-state index contributed by atoms with van der Waals surface area (Å²) in [5.41, 5.74) is 0. The minimum absolute atomic E-state index is 0.0846. The Balaban J connectivity index is 4.36. The van der Waals surface area contributed by atoms with Gasteiger partial charge in [0.05, 0.1) is 0 Å². The fourth-order valence-corrected chi connectivity index (χ4v) is 7.83. The zero-order valence-electron chi connectivity index (χ0n) is 43.0. The van der Waals surface area contributed by atoms with E-state index in [1.165, 1.54) is 135 Å². The van der Waals surface area contributed by atoms with E-state index in [0.717, 1.165) is 103 Å². The fourth-order valence-electron chi connectivity index (χ4n) is 7.83. The molecule has 0 saturated carbocycles. The molecule has 0 bridgehead atoms. The highest BCUT2D eigenvalue weighted by atomic mass is 16.6. The minimum Gasteiger partial charge on any atom is -0.462 e. The average molecular weight is 909 g/mol. The van der Waals surface area contributed by atoms with Crippen molar-refractivity contribution in [3.05, 3.63) is 60.8 Å². The van der Waals surface area contributed by atoms with Crippen LogP contribution in [-0.2, 0) is 28.6 Å². The highest BCUT2D eigenvalue weighted by Gasteiger charge is 2.19. The van der Waals surface area contributed by atoms with Crippen molar-refractivity contribution in [1.29, 1.82) is 0 Å². The molecule has 0 aliphatic carbocycles. The van der Waals surface area contributed by atoms with Gasteiger partial charge in [-0.1, -0.05) is 242 Å². The van der Waals surface area contributed by atoms with Gasteiger partial charge in [0.1, 0.15) is 13.2 Å². The van der Waals surface area contributed by atoms with E-state index >= 15 is 0 Å². The number of ether oxygens (including phenoxy) is 3. The van der Waals surface area contributed by atoms with Gasteiger partial charge in [0.25, 0.3) is 0 Å². The first-order valence-electron chi connectivity index (χ1n) is 27.8. The first kappa shape index (κ1) is 62.1. The number of carbonyl (C=O) groups excluding carboxylic acids is 3. The summed E-state index contributed by atoms with van der Waals surface area (Å²) in [6.45, 7) is 6.48. The lowest BCUT2D eigenvalue weighted by Gasteiger charge is -2.18. The molecule has 376 valence electrons. The summed E-state index contributed by atoms with van der Waals surface area (Å²) in [4.78, 5) is 38.0. The lowest BCUT2D eigenvalue weighted by Crippen LogP contribution is -2.30. The molecule has 0 aliphatic rings. The molecular weight excluding hydrogens is 805 g/mol. The second-order valence-corrected chi connectivity index (χ2v) is 18.5. The third kappa shape index (κ3) is 51.9. The van der Waals surface area contributed by atoms with E-state index in [2.05, 4.69) is 81.5 Å². The van der Waals surface area contributed by atoms with Crippen LogP contribution in [0.5, 0.6) is 0 Å². The maximum absolute atomic E-state index is 12.8. The van der Waals surface area contributed by atoms with Gasteiger partial charge in [-0.3, -0.25) is 14.4 Å². The number of rotatable bonds is 50. The predicted octanol–water partition coefficient (Wildman–Crippen LogP) is 18.4. The van der Waals surface area contributed by atoms with Gasteiger partial charge in [-0.2, -0.15) is 0 Å². The van der Waals surface area contributed by atoms with Crippen molar-refractivity contribution in [3.8, 4) is 0 Å². The molecule has 0 heterocycles. The third-order valence-electron chi connectivity index (χ3n) is 12.0. The van der Waals surface area contributed by atoms with E-state index in [4.69, 9.17) is 14.2 Å². The zero-order valence-corrected chi connectivity index (χ0v) is 43.0. The quantitative estimate of drug-likeness (QED) is 0.0262. The van der Waals surface area contributed by atoms with Crippen LogP contribution in [0.1, 0.15) is 278 Å². The molecule has 0 aromatic rings. The lowest BCUT2D eigenvalue weighted by atomic mass is 10.0. The largest absolute Gasteiger partial charge is 0.462 e. The number of carbonyl (C=O) groups is 3. The molecule has 0 aliphatic heterocycles. The molecule has 0 radical (unpaired) electrons. The summed E-state index contributed by atoms with van der Waals surface area (Å²) in [6, 6.07) is 0. The van der Waals surface area contributed by atoms with Crippen LogP contribution in [-0.4, -0.2) is 37.2 Å². The molecule has 6 heteroatoms.